The van der Waals surface area contributed by atoms with Gasteiger partial charge in [0, 0.05) is 24.5 Å². The lowest BCUT2D eigenvalue weighted by Crippen LogP contribution is -2.39. The highest BCUT2D eigenvalue weighted by Gasteiger charge is 2.23. The highest BCUT2D eigenvalue weighted by Crippen LogP contribution is 2.32. The Morgan fingerprint density at radius 1 is 1.13 bits per heavy atom. The van der Waals surface area contributed by atoms with Crippen LogP contribution in [-0.2, 0) is 0 Å². The summed E-state index contributed by atoms with van der Waals surface area (Å²) in [6.07, 6.45) is 3.90. The van der Waals surface area contributed by atoms with Crippen molar-refractivity contribution in [1.82, 2.24) is 15.0 Å². The number of thiazole rings is 1. The van der Waals surface area contributed by atoms with Crippen LogP contribution in [0.3, 0.4) is 0 Å². The average Bonchev–Trinajstić information content (AvgIpc) is 3.14. The topological polar surface area (TPSA) is 53.9 Å². The Balaban J connectivity index is 1.47. The number of rotatable bonds is 3. The highest BCUT2D eigenvalue weighted by molar-refractivity contribution is 7.17. The van der Waals surface area contributed by atoms with Gasteiger partial charge in [0.25, 0.3) is 0 Å². The number of anilines is 2. The number of piperidine rings is 1. The summed E-state index contributed by atoms with van der Waals surface area (Å²) >= 11 is 3.39. The van der Waals surface area contributed by atoms with Crippen molar-refractivity contribution < 1.29 is 0 Å². The van der Waals surface area contributed by atoms with Crippen LogP contribution in [0.2, 0.25) is 0 Å². The van der Waals surface area contributed by atoms with Crippen molar-refractivity contribution in [2.75, 3.05) is 23.3 Å². The minimum Gasteiger partial charge on any atom is -0.359 e. The molecule has 0 unspecified atom stereocenters. The van der Waals surface area contributed by atoms with Crippen molar-refractivity contribution in [3.05, 3.63) is 28.3 Å². The Labute approximate surface area is 143 Å². The third-order valence-corrected chi connectivity index (χ3v) is 6.17. The minimum atomic E-state index is 0.498. The monoisotopic (exact) mass is 345 g/mol. The van der Waals surface area contributed by atoms with E-state index in [-0.39, 0.29) is 0 Å². The first-order valence-corrected chi connectivity index (χ1v) is 9.59. The Morgan fingerprint density at radius 3 is 2.70 bits per heavy atom. The highest BCUT2D eigenvalue weighted by atomic mass is 32.1. The molecule has 0 aromatic carbocycles. The summed E-state index contributed by atoms with van der Waals surface area (Å²) in [5, 5.41) is 10.1. The second-order valence-electron chi connectivity index (χ2n) is 6.00. The normalized spacial score (nSPS) is 16.2. The Hall–Kier alpha value is -1.73. The van der Waals surface area contributed by atoms with E-state index in [0.717, 1.165) is 47.4 Å². The van der Waals surface area contributed by atoms with Crippen molar-refractivity contribution in [2.45, 2.75) is 32.7 Å². The molecule has 0 saturated carbocycles. The predicted octanol–water partition coefficient (Wildman–Crippen LogP) is 3.85. The number of hydrogen-bond donors (Lipinski definition) is 1. The van der Waals surface area contributed by atoms with Crippen LogP contribution in [0.1, 0.15) is 24.1 Å². The first-order valence-electron chi connectivity index (χ1n) is 7.83. The summed E-state index contributed by atoms with van der Waals surface area (Å²) in [6.45, 7) is 6.21. The lowest BCUT2D eigenvalue weighted by atomic mass is 10.0. The molecule has 23 heavy (non-hydrogen) atoms. The molecule has 5 nitrogen and oxygen atoms in total. The quantitative estimate of drug-likeness (QED) is 0.781. The van der Waals surface area contributed by atoms with Gasteiger partial charge < -0.3 is 10.2 Å². The number of nitrogens with one attached hydrogen (secondary N) is 1. The number of thiophene rings is 1. The zero-order valence-corrected chi connectivity index (χ0v) is 14.9. The summed E-state index contributed by atoms with van der Waals surface area (Å²) in [5.74, 6) is 1.09. The van der Waals surface area contributed by atoms with E-state index in [4.69, 9.17) is 0 Å². The molecule has 4 heterocycles. The summed E-state index contributed by atoms with van der Waals surface area (Å²) in [7, 11) is 0. The maximum absolute atomic E-state index is 4.57. The largest absolute Gasteiger partial charge is 0.359 e. The average molecular weight is 345 g/mol. The molecular weight excluding hydrogens is 326 g/mol. The first-order chi connectivity index (χ1) is 11.2. The van der Waals surface area contributed by atoms with E-state index in [1.54, 1.807) is 29.0 Å². The van der Waals surface area contributed by atoms with Gasteiger partial charge in [-0.15, -0.1) is 22.7 Å². The van der Waals surface area contributed by atoms with Crippen molar-refractivity contribution in [3.8, 4) is 0 Å². The van der Waals surface area contributed by atoms with Gasteiger partial charge in [-0.3, -0.25) is 0 Å². The first kappa shape index (κ1) is 14.8. The number of nitrogens with zero attached hydrogens (tertiary/aromatic N) is 4. The molecule has 0 amide bonds. The third-order valence-electron chi connectivity index (χ3n) is 4.28. The van der Waals surface area contributed by atoms with Crippen LogP contribution < -0.4 is 10.2 Å². The zero-order valence-electron chi connectivity index (χ0n) is 13.2. The zero-order chi connectivity index (χ0) is 15.8. The second-order valence-corrected chi connectivity index (χ2v) is 7.71. The summed E-state index contributed by atoms with van der Waals surface area (Å²) < 4.78 is 0. The molecule has 1 aliphatic rings. The molecule has 3 aromatic rings. The van der Waals surface area contributed by atoms with Crippen LogP contribution in [0.4, 0.5) is 10.9 Å². The van der Waals surface area contributed by atoms with Gasteiger partial charge in [0.2, 0.25) is 0 Å². The van der Waals surface area contributed by atoms with Crippen LogP contribution in [-0.4, -0.2) is 34.1 Å². The SMILES string of the molecule is Cc1csc(NC2CCN(c3ncnc4scc(C)c34)CC2)n1. The van der Waals surface area contributed by atoms with Crippen LogP contribution in [0.25, 0.3) is 10.2 Å². The predicted molar refractivity (Wildman–Crippen MR) is 97.9 cm³/mol. The Bertz CT molecular complexity index is 817. The molecule has 1 N–H and O–H groups in total. The van der Waals surface area contributed by atoms with Crippen LogP contribution in [0, 0.1) is 13.8 Å². The van der Waals surface area contributed by atoms with Gasteiger partial charge in [-0.1, -0.05) is 0 Å². The molecule has 0 bridgehead atoms. The van der Waals surface area contributed by atoms with Gasteiger partial charge in [0.1, 0.15) is 17.0 Å². The van der Waals surface area contributed by atoms with E-state index >= 15 is 0 Å². The van der Waals surface area contributed by atoms with E-state index in [1.807, 2.05) is 6.92 Å². The fourth-order valence-corrected chi connectivity index (χ4v) is 4.72. The van der Waals surface area contributed by atoms with E-state index in [0.29, 0.717) is 6.04 Å². The molecular formula is C16H19N5S2. The van der Waals surface area contributed by atoms with Gasteiger partial charge in [-0.2, -0.15) is 0 Å². The fourth-order valence-electron chi connectivity index (χ4n) is 3.07. The number of aromatic nitrogens is 3. The molecule has 0 aliphatic carbocycles. The molecule has 120 valence electrons. The number of fused-ring (bicyclic) bond motifs is 1. The molecule has 1 fully saturated rings. The van der Waals surface area contributed by atoms with Gasteiger partial charge in [-0.25, -0.2) is 15.0 Å². The third kappa shape index (κ3) is 2.90. The molecule has 0 radical (unpaired) electrons. The molecule has 0 atom stereocenters. The second kappa shape index (κ2) is 6.05. The van der Waals surface area contributed by atoms with Gasteiger partial charge in [-0.05, 0) is 37.6 Å². The number of aryl methyl sites for hydroxylation is 2. The number of hydrogen-bond acceptors (Lipinski definition) is 7. The molecule has 3 aromatic heterocycles. The van der Waals surface area contributed by atoms with E-state index in [2.05, 4.69) is 42.9 Å². The maximum atomic E-state index is 4.57. The van der Waals surface area contributed by atoms with Gasteiger partial charge in [0.15, 0.2) is 5.13 Å². The molecule has 0 spiro atoms. The Morgan fingerprint density at radius 2 is 1.96 bits per heavy atom. The van der Waals surface area contributed by atoms with Crippen LogP contribution in [0.15, 0.2) is 17.1 Å². The lowest BCUT2D eigenvalue weighted by molar-refractivity contribution is 0.524. The van der Waals surface area contributed by atoms with E-state index in [1.165, 1.54) is 10.9 Å². The molecule has 7 heteroatoms. The lowest BCUT2D eigenvalue weighted by Gasteiger charge is -2.33. The van der Waals surface area contributed by atoms with Crippen molar-refractivity contribution in [1.29, 1.82) is 0 Å². The minimum absolute atomic E-state index is 0.498. The van der Waals surface area contributed by atoms with Crippen molar-refractivity contribution in [2.24, 2.45) is 0 Å². The van der Waals surface area contributed by atoms with Gasteiger partial charge in [0.05, 0.1) is 11.1 Å². The van der Waals surface area contributed by atoms with Crippen molar-refractivity contribution in [3.63, 3.8) is 0 Å². The van der Waals surface area contributed by atoms with Gasteiger partial charge >= 0.3 is 0 Å². The van der Waals surface area contributed by atoms with Crippen LogP contribution >= 0.6 is 22.7 Å². The van der Waals surface area contributed by atoms with E-state index < -0.39 is 0 Å². The van der Waals surface area contributed by atoms with Crippen molar-refractivity contribution >= 4 is 43.8 Å². The molecule has 1 aliphatic heterocycles. The van der Waals surface area contributed by atoms with Crippen LogP contribution in [0.5, 0.6) is 0 Å². The summed E-state index contributed by atoms with van der Waals surface area (Å²) in [5.41, 5.74) is 2.37. The molecule has 1 saturated heterocycles. The molecule has 4 rings (SSSR count). The standard InChI is InChI=1S/C16H19N5S2/c1-10-7-22-15-13(10)14(17-9-18-15)21-5-3-12(4-6-21)20-16-19-11(2)8-23-16/h7-9,12H,3-6H2,1-2H3,(H,19,20). The smallest absolute Gasteiger partial charge is 0.183 e. The Kier molecular flexibility index (Phi) is 3.90. The summed E-state index contributed by atoms with van der Waals surface area (Å²) in [6, 6.07) is 0.498. The maximum Gasteiger partial charge on any atom is 0.183 e. The van der Waals surface area contributed by atoms with E-state index in [9.17, 15) is 0 Å². The summed E-state index contributed by atoms with van der Waals surface area (Å²) in [4.78, 5) is 16.9. The fraction of sp³-hybridized carbons (Fsp3) is 0.438.